The van der Waals surface area contributed by atoms with Crippen LogP contribution >= 0.6 is 0 Å². The molecule has 0 radical (unpaired) electrons. The molecule has 0 unspecified atom stereocenters. The lowest BCUT2D eigenvalue weighted by molar-refractivity contribution is -0.153. The molecular weight excluding hydrogens is 360 g/mol. The summed E-state index contributed by atoms with van der Waals surface area (Å²) in [5.74, 6) is -1.34. The normalized spacial score (nSPS) is 11.4. The maximum absolute atomic E-state index is 12.4. The van der Waals surface area contributed by atoms with Gasteiger partial charge in [-0.05, 0) is 31.2 Å². The molecule has 1 N–H and O–H groups in total. The molecule has 1 atom stereocenters. The van der Waals surface area contributed by atoms with Crippen molar-refractivity contribution in [2.75, 3.05) is 5.32 Å². The molecule has 0 saturated heterocycles. The first-order valence-electron chi connectivity index (χ1n) is 8.43. The van der Waals surface area contributed by atoms with E-state index in [-0.39, 0.29) is 12.1 Å². The third-order valence-corrected chi connectivity index (χ3v) is 4.01. The first-order valence-corrected chi connectivity index (χ1v) is 8.43. The summed E-state index contributed by atoms with van der Waals surface area (Å²) < 4.78 is 6.23. The zero-order valence-corrected chi connectivity index (χ0v) is 15.0. The lowest BCUT2D eigenvalue weighted by Crippen LogP contribution is -2.33. The van der Waals surface area contributed by atoms with Crippen LogP contribution in [0, 0.1) is 11.3 Å². The Labute approximate surface area is 160 Å². The smallest absolute Gasteiger partial charge is 0.326 e. The van der Waals surface area contributed by atoms with E-state index in [0.717, 1.165) is 4.57 Å². The number of nitrogens with one attached hydrogen (secondary N) is 1. The van der Waals surface area contributed by atoms with E-state index in [4.69, 9.17) is 10.00 Å². The number of hydrogen-bond acceptors (Lipinski definition) is 6. The second kappa shape index (κ2) is 8.14. The number of esters is 1. The van der Waals surface area contributed by atoms with Gasteiger partial charge in [-0.1, -0.05) is 24.3 Å². The topological polar surface area (TPSA) is 114 Å². The van der Waals surface area contributed by atoms with Gasteiger partial charge < -0.3 is 10.1 Å². The van der Waals surface area contributed by atoms with Crippen molar-refractivity contribution in [1.82, 2.24) is 9.55 Å². The van der Waals surface area contributed by atoms with Gasteiger partial charge in [0.05, 0.1) is 28.5 Å². The third-order valence-electron chi connectivity index (χ3n) is 4.01. The number of carbonyl (C=O) groups is 2. The first-order chi connectivity index (χ1) is 13.5. The Morgan fingerprint density at radius 2 is 1.93 bits per heavy atom. The summed E-state index contributed by atoms with van der Waals surface area (Å²) in [6.45, 7) is 1.03. The van der Waals surface area contributed by atoms with Gasteiger partial charge in [0.25, 0.3) is 11.5 Å². The van der Waals surface area contributed by atoms with Crippen molar-refractivity contribution in [1.29, 1.82) is 5.26 Å². The molecule has 0 saturated carbocycles. The van der Waals surface area contributed by atoms with Gasteiger partial charge in [-0.2, -0.15) is 5.26 Å². The number of nitrogens with zero attached hydrogens (tertiary/aromatic N) is 3. The first kappa shape index (κ1) is 18.8. The van der Waals surface area contributed by atoms with Crippen molar-refractivity contribution in [2.24, 2.45) is 0 Å². The second-order valence-corrected chi connectivity index (χ2v) is 5.97. The fourth-order valence-electron chi connectivity index (χ4n) is 2.57. The summed E-state index contributed by atoms with van der Waals surface area (Å²) >= 11 is 0. The number of nitriles is 1. The van der Waals surface area contributed by atoms with Gasteiger partial charge in [0.1, 0.15) is 12.6 Å². The minimum absolute atomic E-state index is 0.295. The molecular formula is C20H16N4O4. The van der Waals surface area contributed by atoms with Gasteiger partial charge in [-0.25, -0.2) is 4.98 Å². The number of para-hydroxylation sites is 2. The number of anilines is 1. The number of carbonyl (C=O) groups excluding carboxylic acids is 2. The zero-order chi connectivity index (χ0) is 20.1. The van der Waals surface area contributed by atoms with Gasteiger partial charge in [0.2, 0.25) is 0 Å². The monoisotopic (exact) mass is 376 g/mol. The molecule has 8 heteroatoms. The van der Waals surface area contributed by atoms with E-state index in [1.54, 1.807) is 48.5 Å². The second-order valence-electron chi connectivity index (χ2n) is 5.97. The summed E-state index contributed by atoms with van der Waals surface area (Å²) in [5.41, 5.74) is 0.777. The van der Waals surface area contributed by atoms with Gasteiger partial charge in [-0.15, -0.1) is 0 Å². The summed E-state index contributed by atoms with van der Waals surface area (Å²) in [4.78, 5) is 40.9. The van der Waals surface area contributed by atoms with E-state index in [2.05, 4.69) is 10.3 Å². The lowest BCUT2D eigenvalue weighted by atomic mass is 10.2. The van der Waals surface area contributed by atoms with Gasteiger partial charge in [0.15, 0.2) is 6.10 Å². The van der Waals surface area contributed by atoms with Crippen LogP contribution in [-0.2, 0) is 20.9 Å². The van der Waals surface area contributed by atoms with E-state index < -0.39 is 18.0 Å². The Morgan fingerprint density at radius 1 is 1.21 bits per heavy atom. The number of rotatable bonds is 5. The van der Waals surface area contributed by atoms with Crippen LogP contribution in [0.25, 0.3) is 10.9 Å². The molecule has 1 amide bonds. The van der Waals surface area contributed by atoms with Crippen LogP contribution in [0.5, 0.6) is 0 Å². The van der Waals surface area contributed by atoms with E-state index in [9.17, 15) is 14.4 Å². The highest BCUT2D eigenvalue weighted by Gasteiger charge is 2.19. The largest absolute Gasteiger partial charge is 0.451 e. The van der Waals surface area contributed by atoms with Crippen LogP contribution in [-0.4, -0.2) is 27.5 Å². The quantitative estimate of drug-likeness (QED) is 0.680. The average Bonchev–Trinajstić information content (AvgIpc) is 2.70. The van der Waals surface area contributed by atoms with E-state index in [0.29, 0.717) is 22.2 Å². The highest BCUT2D eigenvalue weighted by molar-refractivity contribution is 5.96. The minimum Gasteiger partial charge on any atom is -0.451 e. The summed E-state index contributed by atoms with van der Waals surface area (Å²) in [7, 11) is 0. The molecule has 28 heavy (non-hydrogen) atoms. The zero-order valence-electron chi connectivity index (χ0n) is 15.0. The van der Waals surface area contributed by atoms with Crippen LogP contribution in [0.3, 0.4) is 0 Å². The molecule has 3 aromatic rings. The molecule has 2 aromatic carbocycles. The van der Waals surface area contributed by atoms with E-state index in [1.807, 2.05) is 6.07 Å². The van der Waals surface area contributed by atoms with Crippen LogP contribution < -0.4 is 10.9 Å². The maximum Gasteiger partial charge on any atom is 0.326 e. The highest BCUT2D eigenvalue weighted by atomic mass is 16.5. The highest BCUT2D eigenvalue weighted by Crippen LogP contribution is 2.14. The van der Waals surface area contributed by atoms with Gasteiger partial charge in [0, 0.05) is 0 Å². The molecule has 0 aliphatic rings. The third kappa shape index (κ3) is 4.04. The molecule has 8 nitrogen and oxygen atoms in total. The van der Waals surface area contributed by atoms with Crippen molar-refractivity contribution in [3.63, 3.8) is 0 Å². The summed E-state index contributed by atoms with van der Waals surface area (Å²) in [6.07, 6.45) is 0.156. The Bertz CT molecular complexity index is 1150. The molecule has 0 bridgehead atoms. The van der Waals surface area contributed by atoms with Gasteiger partial charge >= 0.3 is 5.97 Å². The van der Waals surface area contributed by atoms with Crippen molar-refractivity contribution >= 4 is 28.5 Å². The molecule has 3 rings (SSSR count). The molecule has 0 spiro atoms. The van der Waals surface area contributed by atoms with Crippen LogP contribution in [0.15, 0.2) is 59.7 Å². The van der Waals surface area contributed by atoms with Crippen LogP contribution in [0.4, 0.5) is 5.69 Å². The Morgan fingerprint density at radius 3 is 2.71 bits per heavy atom. The number of benzene rings is 2. The molecule has 1 heterocycles. The Balaban J connectivity index is 1.66. The Hall–Kier alpha value is -3.99. The summed E-state index contributed by atoms with van der Waals surface area (Å²) in [5, 5.41) is 12.0. The van der Waals surface area contributed by atoms with Gasteiger partial charge in [-0.3, -0.25) is 19.0 Å². The molecule has 0 fully saturated rings. The number of aromatic nitrogens is 2. The maximum atomic E-state index is 12.4. The predicted molar refractivity (Wildman–Crippen MR) is 101 cm³/mol. The Kier molecular flexibility index (Phi) is 5.46. The number of ether oxygens (including phenoxy) is 1. The SMILES string of the molecule is C[C@H](OC(=O)Cn1cnc2ccccc2c1=O)C(=O)Nc1ccccc1C#N. The number of hydrogen-bond donors (Lipinski definition) is 1. The van der Waals surface area contributed by atoms with Crippen molar-refractivity contribution in [2.45, 2.75) is 19.6 Å². The fraction of sp³-hybridized carbons (Fsp3) is 0.150. The molecule has 1 aromatic heterocycles. The van der Waals surface area contributed by atoms with Crippen molar-refractivity contribution in [3.8, 4) is 6.07 Å². The average molecular weight is 376 g/mol. The standard InChI is InChI=1S/C20H16N4O4/c1-13(19(26)23-16-8-4-2-6-14(16)10-21)28-18(25)11-24-12-22-17-9-5-3-7-15(17)20(24)27/h2-9,12-13H,11H2,1H3,(H,23,26)/t13-/m0/s1. The van der Waals surface area contributed by atoms with Crippen LogP contribution in [0.1, 0.15) is 12.5 Å². The predicted octanol–water partition coefficient (Wildman–Crippen LogP) is 1.84. The number of fused-ring (bicyclic) bond motifs is 1. The molecule has 0 aliphatic carbocycles. The van der Waals surface area contributed by atoms with Crippen molar-refractivity contribution < 1.29 is 14.3 Å². The lowest BCUT2D eigenvalue weighted by Gasteiger charge is -2.14. The number of amides is 1. The molecule has 0 aliphatic heterocycles. The van der Waals surface area contributed by atoms with E-state index in [1.165, 1.54) is 13.3 Å². The fourth-order valence-corrected chi connectivity index (χ4v) is 2.57. The van der Waals surface area contributed by atoms with E-state index >= 15 is 0 Å². The van der Waals surface area contributed by atoms with Crippen LogP contribution in [0.2, 0.25) is 0 Å². The summed E-state index contributed by atoms with van der Waals surface area (Å²) in [6, 6.07) is 15.2. The van der Waals surface area contributed by atoms with Crippen molar-refractivity contribution in [3.05, 3.63) is 70.8 Å². The minimum atomic E-state index is -1.11. The molecule has 140 valence electrons.